The van der Waals surface area contributed by atoms with Crippen molar-refractivity contribution in [2.45, 2.75) is 0 Å². The molecule has 1 heterocycles. The molecule has 5 heteroatoms. The maximum absolute atomic E-state index is 11.2. The van der Waals surface area contributed by atoms with E-state index in [1.165, 1.54) is 4.57 Å². The molecule has 1 N–H and O–H groups in total. The lowest BCUT2D eigenvalue weighted by atomic mass is 10.3. The lowest BCUT2D eigenvalue weighted by molar-refractivity contribution is 0.987. The molecule has 0 spiro atoms. The zero-order valence-electron chi connectivity index (χ0n) is 7.00. The predicted octanol–water partition coefficient (Wildman–Crippen LogP) is 2.47. The van der Waals surface area contributed by atoms with Crippen molar-refractivity contribution in [1.82, 2.24) is 9.55 Å². The zero-order valence-corrected chi connectivity index (χ0v) is 8.51. The summed E-state index contributed by atoms with van der Waals surface area (Å²) >= 11 is 11.6. The van der Waals surface area contributed by atoms with Gasteiger partial charge >= 0.3 is 5.69 Å². The maximum atomic E-state index is 11.2. The van der Waals surface area contributed by atoms with E-state index in [2.05, 4.69) is 4.98 Å². The summed E-state index contributed by atoms with van der Waals surface area (Å²) in [5.74, 6) is 0. The second kappa shape index (κ2) is 3.52. The summed E-state index contributed by atoms with van der Waals surface area (Å²) in [6.45, 7) is 0. The Labute approximate surface area is 89.9 Å². The molecular formula is C9H6Cl2N2O. The second-order valence-corrected chi connectivity index (χ2v) is 3.55. The van der Waals surface area contributed by atoms with Crippen LogP contribution in [-0.2, 0) is 0 Å². The molecule has 0 bridgehead atoms. The number of aromatic amines is 1. The summed E-state index contributed by atoms with van der Waals surface area (Å²) in [6.07, 6.45) is 3.19. The van der Waals surface area contributed by atoms with Crippen molar-refractivity contribution in [1.29, 1.82) is 0 Å². The van der Waals surface area contributed by atoms with Gasteiger partial charge in [-0.25, -0.2) is 4.79 Å². The fourth-order valence-corrected chi connectivity index (χ4v) is 1.45. The first-order valence-electron chi connectivity index (χ1n) is 3.90. The number of hydrogen-bond acceptors (Lipinski definition) is 1. The van der Waals surface area contributed by atoms with Gasteiger partial charge in [0.15, 0.2) is 0 Å². The smallest absolute Gasteiger partial charge is 0.312 e. The molecule has 72 valence electrons. The molecule has 0 aliphatic carbocycles. The number of rotatable bonds is 1. The van der Waals surface area contributed by atoms with Crippen LogP contribution in [0.3, 0.4) is 0 Å². The third-order valence-corrected chi connectivity index (χ3v) is 2.57. The molecule has 0 atom stereocenters. The molecule has 1 aromatic heterocycles. The van der Waals surface area contributed by atoms with E-state index in [0.717, 1.165) is 0 Å². The minimum atomic E-state index is -0.205. The van der Waals surface area contributed by atoms with Crippen molar-refractivity contribution in [2.24, 2.45) is 0 Å². The zero-order chi connectivity index (χ0) is 10.1. The van der Waals surface area contributed by atoms with Crippen LogP contribution in [0.25, 0.3) is 5.69 Å². The number of H-pyrrole nitrogens is 1. The highest BCUT2D eigenvalue weighted by Gasteiger charge is 2.02. The van der Waals surface area contributed by atoms with Crippen LogP contribution in [0.4, 0.5) is 0 Å². The Morgan fingerprint density at radius 2 is 2.00 bits per heavy atom. The van der Waals surface area contributed by atoms with Gasteiger partial charge in [-0.05, 0) is 18.2 Å². The Morgan fingerprint density at radius 1 is 1.21 bits per heavy atom. The molecule has 0 amide bonds. The van der Waals surface area contributed by atoms with E-state index in [-0.39, 0.29) is 5.69 Å². The summed E-state index contributed by atoms with van der Waals surface area (Å²) in [6, 6.07) is 5.02. The first kappa shape index (κ1) is 9.37. The third-order valence-electron chi connectivity index (χ3n) is 1.83. The summed E-state index contributed by atoms with van der Waals surface area (Å²) in [5.41, 5.74) is 0.481. The van der Waals surface area contributed by atoms with Gasteiger partial charge in [0.25, 0.3) is 0 Å². The topological polar surface area (TPSA) is 37.8 Å². The number of nitrogens with one attached hydrogen (secondary N) is 1. The van der Waals surface area contributed by atoms with Gasteiger partial charge in [-0.2, -0.15) is 0 Å². The van der Waals surface area contributed by atoms with Crippen LogP contribution in [0, 0.1) is 0 Å². The van der Waals surface area contributed by atoms with Gasteiger partial charge in [-0.3, -0.25) is 4.57 Å². The Hall–Kier alpha value is -1.19. The van der Waals surface area contributed by atoms with E-state index in [0.29, 0.717) is 15.7 Å². The number of aromatic nitrogens is 2. The average Bonchev–Trinajstić information content (AvgIpc) is 2.57. The first-order valence-corrected chi connectivity index (χ1v) is 4.65. The van der Waals surface area contributed by atoms with Crippen LogP contribution in [0.2, 0.25) is 10.0 Å². The van der Waals surface area contributed by atoms with Crippen LogP contribution in [0.15, 0.2) is 35.4 Å². The van der Waals surface area contributed by atoms with Gasteiger partial charge in [0, 0.05) is 12.4 Å². The molecule has 1 aromatic carbocycles. The van der Waals surface area contributed by atoms with E-state index < -0.39 is 0 Å². The summed E-state index contributed by atoms with van der Waals surface area (Å²) in [5, 5.41) is 0.899. The number of hydrogen-bond donors (Lipinski definition) is 1. The van der Waals surface area contributed by atoms with Gasteiger partial charge in [-0.1, -0.05) is 23.2 Å². The van der Waals surface area contributed by atoms with Crippen molar-refractivity contribution >= 4 is 23.2 Å². The SMILES string of the molecule is O=c1[nH]ccn1-c1ccc(Cl)c(Cl)c1. The molecule has 2 aromatic rings. The number of imidazole rings is 1. The van der Waals surface area contributed by atoms with Crippen LogP contribution < -0.4 is 5.69 Å². The lowest BCUT2D eigenvalue weighted by Crippen LogP contribution is -2.13. The predicted molar refractivity (Wildman–Crippen MR) is 56.4 cm³/mol. The molecule has 0 fully saturated rings. The number of halogens is 2. The molecule has 0 saturated carbocycles. The monoisotopic (exact) mass is 228 g/mol. The highest BCUT2D eigenvalue weighted by atomic mass is 35.5. The van der Waals surface area contributed by atoms with E-state index in [1.54, 1.807) is 30.6 Å². The van der Waals surface area contributed by atoms with Crippen molar-refractivity contribution in [3.05, 3.63) is 51.1 Å². The van der Waals surface area contributed by atoms with E-state index in [1.807, 2.05) is 0 Å². The fourth-order valence-electron chi connectivity index (χ4n) is 1.16. The largest absolute Gasteiger partial charge is 0.330 e. The normalized spacial score (nSPS) is 10.4. The van der Waals surface area contributed by atoms with Crippen molar-refractivity contribution in [3.63, 3.8) is 0 Å². The second-order valence-electron chi connectivity index (χ2n) is 2.73. The van der Waals surface area contributed by atoms with Crippen molar-refractivity contribution < 1.29 is 0 Å². The Balaban J connectivity index is 2.59. The Kier molecular flexibility index (Phi) is 2.35. The highest BCUT2D eigenvalue weighted by molar-refractivity contribution is 6.42. The molecule has 14 heavy (non-hydrogen) atoms. The van der Waals surface area contributed by atoms with Gasteiger partial charge in [0.05, 0.1) is 15.7 Å². The minimum absolute atomic E-state index is 0.205. The third kappa shape index (κ3) is 1.56. The standard InChI is InChI=1S/C9H6Cl2N2O/c10-7-2-1-6(5-8(7)11)13-4-3-12-9(13)14/h1-5H,(H,12,14). The van der Waals surface area contributed by atoms with E-state index in [9.17, 15) is 4.79 Å². The average molecular weight is 229 g/mol. The molecule has 0 aliphatic heterocycles. The summed E-state index contributed by atoms with van der Waals surface area (Å²) in [4.78, 5) is 13.8. The van der Waals surface area contributed by atoms with E-state index >= 15 is 0 Å². The molecular weight excluding hydrogens is 223 g/mol. The van der Waals surface area contributed by atoms with Crippen LogP contribution in [0.5, 0.6) is 0 Å². The minimum Gasteiger partial charge on any atom is -0.312 e. The van der Waals surface area contributed by atoms with Crippen LogP contribution in [-0.4, -0.2) is 9.55 Å². The molecule has 0 unspecified atom stereocenters. The summed E-state index contributed by atoms with van der Waals surface area (Å²) < 4.78 is 1.45. The molecule has 3 nitrogen and oxygen atoms in total. The van der Waals surface area contributed by atoms with Crippen molar-refractivity contribution in [2.75, 3.05) is 0 Å². The molecule has 0 aliphatic rings. The quantitative estimate of drug-likeness (QED) is 0.801. The summed E-state index contributed by atoms with van der Waals surface area (Å²) in [7, 11) is 0. The Bertz CT molecular complexity index is 516. The number of benzene rings is 1. The Morgan fingerprint density at radius 3 is 2.57 bits per heavy atom. The van der Waals surface area contributed by atoms with Gasteiger partial charge in [0.1, 0.15) is 0 Å². The molecule has 2 rings (SSSR count). The van der Waals surface area contributed by atoms with Gasteiger partial charge in [0.2, 0.25) is 0 Å². The fraction of sp³-hybridized carbons (Fsp3) is 0. The lowest BCUT2D eigenvalue weighted by Gasteiger charge is -2.02. The number of nitrogens with zero attached hydrogens (tertiary/aromatic N) is 1. The van der Waals surface area contributed by atoms with Crippen molar-refractivity contribution in [3.8, 4) is 5.69 Å². The van der Waals surface area contributed by atoms with Crippen LogP contribution in [0.1, 0.15) is 0 Å². The highest BCUT2D eigenvalue weighted by Crippen LogP contribution is 2.23. The molecule has 0 radical (unpaired) electrons. The maximum Gasteiger partial charge on any atom is 0.330 e. The first-order chi connectivity index (χ1) is 6.68. The van der Waals surface area contributed by atoms with Gasteiger partial charge < -0.3 is 4.98 Å². The molecule has 0 saturated heterocycles. The van der Waals surface area contributed by atoms with Crippen LogP contribution >= 0.6 is 23.2 Å². The van der Waals surface area contributed by atoms with E-state index in [4.69, 9.17) is 23.2 Å². The van der Waals surface area contributed by atoms with Gasteiger partial charge in [-0.15, -0.1) is 0 Å².